The Morgan fingerprint density at radius 2 is 1.45 bits per heavy atom. The van der Waals surface area contributed by atoms with E-state index < -0.39 is 0 Å². The molecule has 0 atom stereocenters. The summed E-state index contributed by atoms with van der Waals surface area (Å²) in [6.07, 6.45) is 4.91. The van der Waals surface area contributed by atoms with Crippen LogP contribution in [0.1, 0.15) is 32.1 Å². The van der Waals surface area contributed by atoms with Crippen molar-refractivity contribution in [3.8, 4) is 0 Å². The highest BCUT2D eigenvalue weighted by atomic mass is 35.5. The molecule has 0 aliphatic carbocycles. The van der Waals surface area contributed by atoms with Gasteiger partial charge in [0.2, 0.25) is 0 Å². The van der Waals surface area contributed by atoms with Crippen LogP contribution >= 0.6 is 11.6 Å². The summed E-state index contributed by atoms with van der Waals surface area (Å²) in [5.41, 5.74) is 0. The molecule has 0 spiro atoms. The molecule has 0 aliphatic heterocycles. The summed E-state index contributed by atoms with van der Waals surface area (Å²) in [6, 6.07) is 0. The topological polar surface area (TPSA) is 52.6 Å². The minimum Gasteiger partial charge on any atom is -0.353 e. The number of ether oxygens (including phenoxy) is 2. The standard InChI is InChI=1S/C15H23ClO4/c1-3-13(17)7-5-11-19-15(9-10-16)20-12-6-8-14(18)4-2/h3-4,15H,1-2,5-12H2. The maximum absolute atomic E-state index is 11.0. The van der Waals surface area contributed by atoms with Crippen molar-refractivity contribution < 1.29 is 19.1 Å². The van der Waals surface area contributed by atoms with E-state index in [1.807, 2.05) is 0 Å². The lowest BCUT2D eigenvalue weighted by Crippen LogP contribution is -2.20. The van der Waals surface area contributed by atoms with Crippen molar-refractivity contribution in [2.24, 2.45) is 0 Å². The van der Waals surface area contributed by atoms with Gasteiger partial charge in [-0.3, -0.25) is 9.59 Å². The molecule has 0 aromatic carbocycles. The van der Waals surface area contributed by atoms with E-state index in [1.165, 1.54) is 12.2 Å². The molecule has 0 N–H and O–H groups in total. The number of carbonyl (C=O) groups excluding carboxylic acids is 2. The van der Waals surface area contributed by atoms with Gasteiger partial charge in [0.1, 0.15) is 0 Å². The maximum Gasteiger partial charge on any atom is 0.158 e. The van der Waals surface area contributed by atoms with Crippen molar-refractivity contribution in [3.05, 3.63) is 25.3 Å². The van der Waals surface area contributed by atoms with Gasteiger partial charge in [0.25, 0.3) is 0 Å². The van der Waals surface area contributed by atoms with Crippen LogP contribution in [0.15, 0.2) is 25.3 Å². The molecule has 5 heteroatoms. The van der Waals surface area contributed by atoms with Gasteiger partial charge >= 0.3 is 0 Å². The molecule has 0 aromatic rings. The van der Waals surface area contributed by atoms with Gasteiger partial charge in [0.05, 0.1) is 13.2 Å². The van der Waals surface area contributed by atoms with E-state index in [2.05, 4.69) is 13.2 Å². The van der Waals surface area contributed by atoms with Gasteiger partial charge in [-0.05, 0) is 25.0 Å². The lowest BCUT2D eigenvalue weighted by molar-refractivity contribution is -0.145. The van der Waals surface area contributed by atoms with Crippen LogP contribution in [-0.4, -0.2) is 37.0 Å². The summed E-state index contributed by atoms with van der Waals surface area (Å²) in [5.74, 6) is 0.444. The summed E-state index contributed by atoms with van der Waals surface area (Å²) in [6.45, 7) is 7.69. The first-order valence-corrected chi connectivity index (χ1v) is 7.27. The summed E-state index contributed by atoms with van der Waals surface area (Å²) < 4.78 is 11.0. The van der Waals surface area contributed by atoms with Crippen molar-refractivity contribution in [2.45, 2.75) is 38.4 Å². The van der Waals surface area contributed by atoms with Gasteiger partial charge < -0.3 is 9.47 Å². The monoisotopic (exact) mass is 302 g/mol. The van der Waals surface area contributed by atoms with Crippen molar-refractivity contribution in [2.75, 3.05) is 19.1 Å². The lowest BCUT2D eigenvalue weighted by atomic mass is 10.2. The lowest BCUT2D eigenvalue weighted by Gasteiger charge is -2.17. The largest absolute Gasteiger partial charge is 0.353 e. The van der Waals surface area contributed by atoms with E-state index in [-0.39, 0.29) is 17.9 Å². The van der Waals surface area contributed by atoms with E-state index in [0.29, 0.717) is 51.2 Å². The fraction of sp³-hybridized carbons (Fsp3) is 0.600. The molecule has 20 heavy (non-hydrogen) atoms. The molecule has 0 bridgehead atoms. The Labute approximate surface area is 125 Å². The summed E-state index contributed by atoms with van der Waals surface area (Å²) in [4.78, 5) is 22.0. The van der Waals surface area contributed by atoms with Crippen LogP contribution in [0.3, 0.4) is 0 Å². The number of alkyl halides is 1. The average molecular weight is 303 g/mol. The molecule has 0 radical (unpaired) electrons. The zero-order chi connectivity index (χ0) is 15.2. The molecule has 0 unspecified atom stereocenters. The van der Waals surface area contributed by atoms with Gasteiger partial charge in [0, 0.05) is 25.1 Å². The normalized spacial score (nSPS) is 10.5. The van der Waals surface area contributed by atoms with E-state index in [9.17, 15) is 9.59 Å². The number of hydrogen-bond donors (Lipinski definition) is 0. The Bertz CT molecular complexity index is 287. The second-order valence-corrected chi connectivity index (χ2v) is 4.57. The molecule has 0 aromatic heterocycles. The fourth-order valence-corrected chi connectivity index (χ4v) is 1.61. The first kappa shape index (κ1) is 19.0. The van der Waals surface area contributed by atoms with Crippen LogP contribution in [0.5, 0.6) is 0 Å². The molecular weight excluding hydrogens is 280 g/mol. The average Bonchev–Trinajstić information content (AvgIpc) is 2.46. The zero-order valence-electron chi connectivity index (χ0n) is 11.8. The molecule has 0 saturated carbocycles. The van der Waals surface area contributed by atoms with Gasteiger partial charge in [-0.25, -0.2) is 0 Å². The predicted octanol–water partition coefficient (Wildman–Crippen LogP) is 3.05. The zero-order valence-corrected chi connectivity index (χ0v) is 12.6. The summed E-state index contributed by atoms with van der Waals surface area (Å²) in [7, 11) is 0. The molecule has 0 rings (SSSR count). The van der Waals surface area contributed by atoms with Gasteiger partial charge in [-0.1, -0.05) is 13.2 Å². The molecule has 0 heterocycles. The predicted molar refractivity (Wildman–Crippen MR) is 79.9 cm³/mol. The number of rotatable bonds is 14. The quantitative estimate of drug-likeness (QED) is 0.214. The summed E-state index contributed by atoms with van der Waals surface area (Å²) >= 11 is 5.67. The molecule has 0 amide bonds. The third-order valence-corrected chi connectivity index (χ3v) is 2.76. The van der Waals surface area contributed by atoms with E-state index in [0.717, 1.165) is 0 Å². The maximum atomic E-state index is 11.0. The molecular formula is C15H23ClO4. The fourth-order valence-electron chi connectivity index (χ4n) is 1.43. The van der Waals surface area contributed by atoms with Gasteiger partial charge in [0.15, 0.2) is 17.9 Å². The number of carbonyl (C=O) groups is 2. The molecule has 0 fully saturated rings. The molecule has 114 valence electrons. The highest BCUT2D eigenvalue weighted by Gasteiger charge is 2.09. The number of allylic oxidation sites excluding steroid dienone is 2. The Morgan fingerprint density at radius 3 is 1.80 bits per heavy atom. The first-order chi connectivity index (χ1) is 9.63. The Kier molecular flexibility index (Phi) is 12.4. The van der Waals surface area contributed by atoms with Crippen LogP contribution in [0, 0.1) is 0 Å². The number of hydrogen-bond acceptors (Lipinski definition) is 4. The summed E-state index contributed by atoms with van der Waals surface area (Å²) in [5, 5.41) is 0. The molecule has 0 saturated heterocycles. The third-order valence-electron chi connectivity index (χ3n) is 2.54. The minimum atomic E-state index is -0.384. The highest BCUT2D eigenvalue weighted by molar-refractivity contribution is 6.17. The third kappa shape index (κ3) is 10.9. The Hall–Kier alpha value is -0.970. The van der Waals surface area contributed by atoms with Gasteiger partial charge in [-0.2, -0.15) is 0 Å². The van der Waals surface area contributed by atoms with E-state index in [1.54, 1.807) is 0 Å². The smallest absolute Gasteiger partial charge is 0.158 e. The minimum absolute atomic E-state index is 0.00588. The van der Waals surface area contributed by atoms with Crippen LogP contribution in [0.4, 0.5) is 0 Å². The van der Waals surface area contributed by atoms with Crippen molar-refractivity contribution in [3.63, 3.8) is 0 Å². The number of halogens is 1. The Balaban J connectivity index is 3.74. The van der Waals surface area contributed by atoms with Crippen molar-refractivity contribution >= 4 is 23.2 Å². The molecule has 0 aliphatic rings. The highest BCUT2D eigenvalue weighted by Crippen LogP contribution is 2.06. The van der Waals surface area contributed by atoms with Crippen molar-refractivity contribution in [1.29, 1.82) is 0 Å². The first-order valence-electron chi connectivity index (χ1n) is 6.73. The van der Waals surface area contributed by atoms with Crippen LogP contribution in [-0.2, 0) is 19.1 Å². The molecule has 4 nitrogen and oxygen atoms in total. The van der Waals surface area contributed by atoms with Crippen LogP contribution < -0.4 is 0 Å². The number of ketones is 2. The second kappa shape index (κ2) is 13.0. The SMILES string of the molecule is C=CC(=O)CCCOC(CCCl)OCCCC(=O)C=C. The van der Waals surface area contributed by atoms with Crippen LogP contribution in [0.2, 0.25) is 0 Å². The van der Waals surface area contributed by atoms with Gasteiger partial charge in [-0.15, -0.1) is 11.6 Å². The van der Waals surface area contributed by atoms with Crippen molar-refractivity contribution in [1.82, 2.24) is 0 Å². The van der Waals surface area contributed by atoms with E-state index >= 15 is 0 Å². The second-order valence-electron chi connectivity index (χ2n) is 4.20. The Morgan fingerprint density at radius 1 is 1.00 bits per heavy atom. The van der Waals surface area contributed by atoms with Crippen LogP contribution in [0.25, 0.3) is 0 Å². The van der Waals surface area contributed by atoms with E-state index in [4.69, 9.17) is 21.1 Å².